The fourth-order valence-electron chi connectivity index (χ4n) is 4.01. The Morgan fingerprint density at radius 2 is 2.00 bits per heavy atom. The van der Waals surface area contributed by atoms with Crippen molar-refractivity contribution in [2.24, 2.45) is 0 Å². The van der Waals surface area contributed by atoms with Crippen molar-refractivity contribution in [2.75, 3.05) is 40.4 Å². The summed E-state index contributed by atoms with van der Waals surface area (Å²) in [5.74, 6) is 0. The summed E-state index contributed by atoms with van der Waals surface area (Å²) < 4.78 is 46.8. The van der Waals surface area contributed by atoms with Crippen LogP contribution in [0.5, 0.6) is 0 Å². The number of fused-ring (bicyclic) bond motifs is 1. The lowest BCUT2D eigenvalue weighted by atomic mass is 10.1. The molecule has 2 atom stereocenters. The molecule has 0 saturated carbocycles. The average Bonchev–Trinajstić information content (AvgIpc) is 2.95. The molecule has 1 aromatic heterocycles. The summed E-state index contributed by atoms with van der Waals surface area (Å²) in [7, 11) is 4.11. The third kappa shape index (κ3) is 3.87. The summed E-state index contributed by atoms with van der Waals surface area (Å²) in [5, 5.41) is 2.73. The lowest BCUT2D eigenvalue weighted by Gasteiger charge is -2.33. The van der Waals surface area contributed by atoms with E-state index in [2.05, 4.69) is 26.2 Å². The number of likely N-dealkylation sites (N-methyl/N-ethyl adjacent to an activating group) is 1. The molecule has 1 aliphatic rings. The zero-order chi connectivity index (χ0) is 19.8. The van der Waals surface area contributed by atoms with Crippen molar-refractivity contribution in [3.8, 4) is 0 Å². The van der Waals surface area contributed by atoms with Crippen LogP contribution < -0.4 is 14.3 Å². The number of hydrogen-bond donors (Lipinski definition) is 3. The Kier molecular flexibility index (Phi) is 5.59. The van der Waals surface area contributed by atoms with E-state index in [-0.39, 0.29) is 17.7 Å². The fraction of sp³-hybridized carbons (Fsp3) is 0.647. The Morgan fingerprint density at radius 3 is 2.56 bits per heavy atom. The minimum Gasteiger partial charge on any atom is -0.370 e. The van der Waals surface area contributed by atoms with Gasteiger partial charge in [0, 0.05) is 12.5 Å². The Morgan fingerprint density at radius 1 is 1.33 bits per heavy atom. The number of ether oxygens (including phenoxy) is 1. The number of H-pyrrole nitrogens is 1. The highest BCUT2D eigenvalue weighted by molar-refractivity contribution is 5.72. The molecule has 10 heteroatoms. The van der Waals surface area contributed by atoms with Crippen molar-refractivity contribution < 1.29 is 32.2 Å². The van der Waals surface area contributed by atoms with Crippen molar-refractivity contribution >= 4 is 11.0 Å². The Balaban J connectivity index is 2.13. The fourth-order valence-corrected chi connectivity index (χ4v) is 4.01. The molecule has 1 aromatic carbocycles. The van der Waals surface area contributed by atoms with Crippen LogP contribution in [0.1, 0.15) is 25.1 Å². The number of nitrogens with one attached hydrogen (secondary N) is 3. The van der Waals surface area contributed by atoms with Gasteiger partial charge in [-0.1, -0.05) is 16.8 Å². The van der Waals surface area contributed by atoms with E-state index in [0.717, 1.165) is 31.6 Å². The molecule has 27 heavy (non-hydrogen) atoms. The molecule has 1 saturated heterocycles. The molecule has 1 fully saturated rings. The average molecular weight is 390 g/mol. The largest absolute Gasteiger partial charge is 0.416 e. The van der Waals surface area contributed by atoms with E-state index in [1.165, 1.54) is 15.9 Å². The van der Waals surface area contributed by atoms with E-state index in [1.807, 2.05) is 0 Å². The van der Waals surface area contributed by atoms with Crippen LogP contribution in [0.25, 0.3) is 11.0 Å². The van der Waals surface area contributed by atoms with Gasteiger partial charge in [-0.25, -0.2) is 0 Å². The first-order chi connectivity index (χ1) is 12.7. The van der Waals surface area contributed by atoms with Crippen LogP contribution in [0.3, 0.4) is 0 Å². The third-order valence-electron chi connectivity index (χ3n) is 5.37. The van der Waals surface area contributed by atoms with Crippen LogP contribution in [0.2, 0.25) is 0 Å². The van der Waals surface area contributed by atoms with Crippen LogP contribution >= 0.6 is 0 Å². The Labute approximate surface area is 154 Å². The van der Waals surface area contributed by atoms with Crippen LogP contribution in [-0.2, 0) is 10.9 Å². The molecule has 1 aliphatic heterocycles. The molecule has 0 bridgehead atoms. The second kappa shape index (κ2) is 7.61. The topological polar surface area (TPSA) is 61.8 Å². The van der Waals surface area contributed by atoms with Gasteiger partial charge in [0.2, 0.25) is 11.0 Å². The molecule has 1 unspecified atom stereocenters. The number of aromatic amines is 1. The number of nitrogens with zero attached hydrogens (tertiary/aromatic N) is 2. The van der Waals surface area contributed by atoms with Crippen LogP contribution in [-0.4, -0.2) is 56.3 Å². The van der Waals surface area contributed by atoms with Gasteiger partial charge in [-0.3, -0.25) is 4.90 Å². The standard InChI is InChI=1S/C17H25F3N5O2/c1-4-13(22(2)3)16(23-7-9-27-10-8-23)24-14-6-5-12(17(18,19)20)11-15(14)25(26)21-24/h5-6,11,13,16H,4,7-10H2,1-3H3,(H,21,26)/q+1/p+2/t13-,16?/m0/s1. The SMILES string of the molecule is CC[C@@H](C(n1[nH][n+](=O)c2cc(C(F)(F)F)ccc21)[NH+]1CCOCC1)[NH+](C)C. The van der Waals surface area contributed by atoms with Gasteiger partial charge in [0.1, 0.15) is 13.1 Å². The van der Waals surface area contributed by atoms with Gasteiger partial charge in [-0.05, 0) is 17.0 Å². The van der Waals surface area contributed by atoms with Gasteiger partial charge in [-0.2, -0.15) is 13.2 Å². The number of alkyl halides is 3. The van der Waals surface area contributed by atoms with Crippen molar-refractivity contribution in [3.05, 3.63) is 28.7 Å². The first-order valence-corrected chi connectivity index (χ1v) is 9.20. The highest BCUT2D eigenvalue weighted by atomic mass is 19.4. The van der Waals surface area contributed by atoms with Gasteiger partial charge >= 0.3 is 12.3 Å². The Hall–Kier alpha value is -1.91. The summed E-state index contributed by atoms with van der Waals surface area (Å²) >= 11 is 0. The van der Waals surface area contributed by atoms with E-state index in [1.54, 1.807) is 4.68 Å². The summed E-state index contributed by atoms with van der Waals surface area (Å²) in [5.41, 5.74) is -0.362. The van der Waals surface area contributed by atoms with E-state index >= 15 is 0 Å². The summed E-state index contributed by atoms with van der Waals surface area (Å²) in [6, 6.07) is 3.49. The van der Waals surface area contributed by atoms with Crippen LogP contribution in [0.15, 0.2) is 18.2 Å². The highest BCUT2D eigenvalue weighted by Crippen LogP contribution is 2.30. The minimum atomic E-state index is -4.49. The van der Waals surface area contributed by atoms with Crippen LogP contribution in [0.4, 0.5) is 13.2 Å². The maximum absolute atomic E-state index is 13.0. The lowest BCUT2D eigenvalue weighted by molar-refractivity contribution is -0.998. The molecule has 0 aliphatic carbocycles. The second-order valence-corrected chi connectivity index (χ2v) is 7.27. The molecule has 2 aromatic rings. The summed E-state index contributed by atoms with van der Waals surface area (Å²) in [6.07, 6.45) is -3.74. The number of morpholine rings is 1. The maximum Gasteiger partial charge on any atom is 0.416 e. The zero-order valence-electron chi connectivity index (χ0n) is 15.8. The smallest absolute Gasteiger partial charge is 0.370 e. The zero-order valence-corrected chi connectivity index (χ0v) is 15.8. The first kappa shape index (κ1) is 19.8. The lowest BCUT2D eigenvalue weighted by Crippen LogP contribution is -3.22. The van der Waals surface area contributed by atoms with Crippen molar-refractivity contribution in [1.82, 2.24) is 9.90 Å². The second-order valence-electron chi connectivity index (χ2n) is 7.27. The van der Waals surface area contributed by atoms with Crippen molar-refractivity contribution in [2.45, 2.75) is 31.7 Å². The minimum absolute atomic E-state index is 0.00825. The van der Waals surface area contributed by atoms with Gasteiger partial charge in [0.25, 0.3) is 0 Å². The first-order valence-electron chi connectivity index (χ1n) is 9.20. The maximum atomic E-state index is 13.0. The number of quaternary nitrogens is 2. The van der Waals surface area contributed by atoms with Crippen molar-refractivity contribution in [1.29, 1.82) is 0 Å². The molecule has 3 rings (SSSR count). The van der Waals surface area contributed by atoms with Gasteiger partial charge in [0.15, 0.2) is 6.04 Å². The van der Waals surface area contributed by atoms with Gasteiger partial charge in [-0.15, -0.1) is 0 Å². The van der Waals surface area contributed by atoms with E-state index in [4.69, 9.17) is 4.74 Å². The molecule has 0 spiro atoms. The molecule has 3 N–H and O–H groups in total. The quantitative estimate of drug-likeness (QED) is 0.588. The molecule has 150 valence electrons. The Bertz CT molecular complexity index is 839. The normalized spacial score (nSPS) is 18.9. The molecular formula is C17H27F3N5O2+3. The predicted octanol–water partition coefficient (Wildman–Crippen LogP) is -0.760. The van der Waals surface area contributed by atoms with Crippen LogP contribution in [0, 0.1) is 4.91 Å². The number of aromatic nitrogens is 3. The molecule has 0 amide bonds. The summed E-state index contributed by atoms with van der Waals surface area (Å²) in [6.45, 7) is 4.89. The predicted molar refractivity (Wildman–Crippen MR) is 92.1 cm³/mol. The molecule has 0 radical (unpaired) electrons. The van der Waals surface area contributed by atoms with E-state index < -0.39 is 11.7 Å². The van der Waals surface area contributed by atoms with E-state index in [9.17, 15) is 18.1 Å². The molecular weight excluding hydrogens is 363 g/mol. The van der Waals surface area contributed by atoms with E-state index in [0.29, 0.717) is 23.3 Å². The molecule has 7 nitrogen and oxygen atoms in total. The molecule has 2 heterocycles. The van der Waals surface area contributed by atoms with Gasteiger partial charge in [0.05, 0.1) is 37.4 Å². The number of benzene rings is 1. The number of halogens is 3. The van der Waals surface area contributed by atoms with Crippen molar-refractivity contribution in [3.63, 3.8) is 0 Å². The summed E-state index contributed by atoms with van der Waals surface area (Å²) in [4.78, 5) is 14.9. The third-order valence-corrected chi connectivity index (χ3v) is 5.37. The highest BCUT2D eigenvalue weighted by Gasteiger charge is 2.43. The number of rotatable bonds is 5. The monoisotopic (exact) mass is 390 g/mol. The van der Waals surface area contributed by atoms with Gasteiger partial charge < -0.3 is 9.64 Å². The number of hydrogen-bond acceptors (Lipinski definition) is 2.